The molecule has 2 aromatic heterocycles. The summed E-state index contributed by atoms with van der Waals surface area (Å²) in [5, 5.41) is 20.8. The first-order valence-electron chi connectivity index (χ1n) is 12.5. The molecule has 2 heterocycles. The maximum Gasteiger partial charge on any atom is 0.296 e. The Labute approximate surface area is 231 Å². The van der Waals surface area contributed by atoms with Crippen molar-refractivity contribution in [1.82, 2.24) is 14.5 Å². The van der Waals surface area contributed by atoms with E-state index in [2.05, 4.69) is 16.0 Å². The third-order valence-electron chi connectivity index (χ3n) is 6.56. The summed E-state index contributed by atoms with van der Waals surface area (Å²) < 4.78 is 48.1. The highest BCUT2D eigenvalue weighted by Crippen LogP contribution is 2.34. The van der Waals surface area contributed by atoms with Crippen molar-refractivity contribution in [3.63, 3.8) is 0 Å². The number of halogens is 1. The highest BCUT2D eigenvalue weighted by atomic mass is 32.2. The average molecular weight is 563 g/mol. The third kappa shape index (κ3) is 5.36. The van der Waals surface area contributed by atoms with Gasteiger partial charge in [0.2, 0.25) is 21.7 Å². The Bertz CT molecular complexity index is 1760. The monoisotopic (exact) mass is 562 g/mol. The second kappa shape index (κ2) is 11.8. The Kier molecular flexibility index (Phi) is 8.42. The number of aromatic nitrogens is 3. The summed E-state index contributed by atoms with van der Waals surface area (Å²) >= 11 is 0. The summed E-state index contributed by atoms with van der Waals surface area (Å²) in [6, 6.07) is 15.3. The van der Waals surface area contributed by atoms with E-state index >= 15 is 0 Å². The SMILES string of the molecule is CCOCc1nc(=O)c(S(=O)(=O)c2ccc(-c3ccnc(F)c3C)cc2)c(O)n1[C@@H](CC)c1cccc(C#N)c1. The van der Waals surface area contributed by atoms with E-state index < -0.39 is 38.2 Å². The maximum absolute atomic E-state index is 13.9. The zero-order valence-electron chi connectivity index (χ0n) is 22.1. The Balaban J connectivity index is 1.88. The van der Waals surface area contributed by atoms with E-state index in [4.69, 9.17) is 4.74 Å². The van der Waals surface area contributed by atoms with Crippen LogP contribution in [0.25, 0.3) is 11.1 Å². The van der Waals surface area contributed by atoms with E-state index in [1.807, 2.05) is 6.92 Å². The van der Waals surface area contributed by atoms with Crippen molar-refractivity contribution in [2.45, 2.75) is 49.6 Å². The minimum absolute atomic E-state index is 0.0445. The van der Waals surface area contributed by atoms with Crippen LogP contribution in [0, 0.1) is 24.2 Å². The molecule has 0 spiro atoms. The number of hydrogen-bond donors (Lipinski definition) is 1. The fourth-order valence-corrected chi connectivity index (χ4v) is 5.89. The van der Waals surface area contributed by atoms with Gasteiger partial charge in [-0.3, -0.25) is 9.36 Å². The number of nitrogens with zero attached hydrogens (tertiary/aromatic N) is 4. The highest BCUT2D eigenvalue weighted by molar-refractivity contribution is 7.91. The van der Waals surface area contributed by atoms with Crippen LogP contribution in [0.1, 0.15) is 48.8 Å². The van der Waals surface area contributed by atoms with E-state index in [0.717, 1.165) is 0 Å². The molecule has 0 aliphatic carbocycles. The van der Waals surface area contributed by atoms with Crippen molar-refractivity contribution in [3.8, 4) is 23.1 Å². The first-order chi connectivity index (χ1) is 19.1. The molecule has 4 rings (SSSR count). The molecule has 0 radical (unpaired) electrons. The van der Waals surface area contributed by atoms with E-state index in [-0.39, 0.29) is 17.3 Å². The van der Waals surface area contributed by atoms with E-state index in [1.165, 1.54) is 35.0 Å². The average Bonchev–Trinajstić information content (AvgIpc) is 2.95. The van der Waals surface area contributed by atoms with E-state index in [9.17, 15) is 28.0 Å². The van der Waals surface area contributed by atoms with Crippen LogP contribution in [0.4, 0.5) is 4.39 Å². The normalized spacial score (nSPS) is 12.2. The van der Waals surface area contributed by atoms with Gasteiger partial charge in [-0.2, -0.15) is 14.6 Å². The minimum Gasteiger partial charge on any atom is -0.493 e. The molecule has 9 nitrogen and oxygen atoms in total. The molecule has 0 unspecified atom stereocenters. The molecule has 0 aliphatic heterocycles. The van der Waals surface area contributed by atoms with Crippen LogP contribution >= 0.6 is 0 Å². The Hall–Kier alpha value is -4.40. The molecule has 0 aliphatic rings. The summed E-state index contributed by atoms with van der Waals surface area (Å²) in [7, 11) is -4.54. The summed E-state index contributed by atoms with van der Waals surface area (Å²) in [6.45, 7) is 5.28. The van der Waals surface area contributed by atoms with Gasteiger partial charge in [0, 0.05) is 18.4 Å². The van der Waals surface area contributed by atoms with E-state index in [0.29, 0.717) is 40.8 Å². The second-order valence-electron chi connectivity index (χ2n) is 8.96. The lowest BCUT2D eigenvalue weighted by atomic mass is 10.0. The molecule has 40 heavy (non-hydrogen) atoms. The zero-order chi connectivity index (χ0) is 29.0. The van der Waals surface area contributed by atoms with Gasteiger partial charge < -0.3 is 9.84 Å². The number of pyridine rings is 1. The Morgan fingerprint density at radius 1 is 1.15 bits per heavy atom. The molecular weight excluding hydrogens is 535 g/mol. The molecule has 2 aromatic carbocycles. The van der Waals surface area contributed by atoms with Crippen LogP contribution in [0.2, 0.25) is 0 Å². The van der Waals surface area contributed by atoms with Crippen molar-refractivity contribution in [2.24, 2.45) is 0 Å². The third-order valence-corrected chi connectivity index (χ3v) is 8.34. The lowest BCUT2D eigenvalue weighted by Crippen LogP contribution is -2.28. The van der Waals surface area contributed by atoms with Crippen LogP contribution in [-0.2, 0) is 21.2 Å². The van der Waals surface area contributed by atoms with Gasteiger partial charge in [-0.25, -0.2) is 13.4 Å². The topological polar surface area (TPSA) is 135 Å². The van der Waals surface area contributed by atoms with Crippen molar-refractivity contribution in [1.29, 1.82) is 5.26 Å². The van der Waals surface area contributed by atoms with Crippen LogP contribution in [0.5, 0.6) is 5.88 Å². The molecule has 0 fully saturated rings. The molecule has 206 valence electrons. The molecule has 11 heteroatoms. The number of aromatic hydroxyl groups is 1. The zero-order valence-corrected chi connectivity index (χ0v) is 22.9. The first kappa shape index (κ1) is 28.6. The Morgan fingerprint density at radius 3 is 2.52 bits per heavy atom. The number of nitriles is 1. The fourth-order valence-electron chi connectivity index (χ4n) is 4.54. The summed E-state index contributed by atoms with van der Waals surface area (Å²) in [5.74, 6) is -1.37. The molecule has 0 saturated heterocycles. The van der Waals surface area contributed by atoms with Crippen LogP contribution < -0.4 is 5.56 Å². The summed E-state index contributed by atoms with van der Waals surface area (Å²) in [4.78, 5) is 19.6. The molecule has 0 bridgehead atoms. The predicted octanol–water partition coefficient (Wildman–Crippen LogP) is 4.70. The van der Waals surface area contributed by atoms with E-state index in [1.54, 1.807) is 44.2 Å². The van der Waals surface area contributed by atoms with Gasteiger partial charge in [0.1, 0.15) is 12.4 Å². The maximum atomic E-state index is 13.9. The number of rotatable bonds is 9. The number of ether oxygens (including phenoxy) is 1. The van der Waals surface area contributed by atoms with Gasteiger partial charge >= 0.3 is 0 Å². The smallest absolute Gasteiger partial charge is 0.296 e. The largest absolute Gasteiger partial charge is 0.493 e. The molecule has 1 atom stereocenters. The van der Waals surface area contributed by atoms with Crippen LogP contribution in [0.15, 0.2) is 75.4 Å². The molecule has 4 aromatic rings. The molecule has 0 saturated carbocycles. The van der Waals surface area contributed by atoms with Crippen molar-refractivity contribution in [2.75, 3.05) is 6.61 Å². The first-order valence-corrected chi connectivity index (χ1v) is 14.0. The van der Waals surface area contributed by atoms with Crippen LogP contribution in [-0.4, -0.2) is 34.7 Å². The standard InChI is InChI=1S/C29H27FN4O5S/c1-4-24(21-8-6-7-19(15-21)16-31)34-25(17-39-5-2)33-28(35)26(29(34)36)40(37,38)22-11-9-20(10-12-22)23-13-14-32-27(30)18(23)3/h6-15,24,36H,4-5,17H2,1-3H3/t24-/m0/s1. The summed E-state index contributed by atoms with van der Waals surface area (Å²) in [6.07, 6.45) is 1.69. The van der Waals surface area contributed by atoms with Gasteiger partial charge in [-0.05, 0) is 67.3 Å². The quantitative estimate of drug-likeness (QED) is 0.290. The minimum atomic E-state index is -4.54. The van der Waals surface area contributed by atoms with Gasteiger partial charge in [-0.1, -0.05) is 31.2 Å². The predicted molar refractivity (Wildman–Crippen MR) is 145 cm³/mol. The highest BCUT2D eigenvalue weighted by Gasteiger charge is 2.32. The molecule has 0 amide bonds. The lowest BCUT2D eigenvalue weighted by molar-refractivity contribution is 0.121. The van der Waals surface area contributed by atoms with Crippen LogP contribution in [0.3, 0.4) is 0 Å². The molecular formula is C29H27FN4O5S. The fraction of sp³-hybridized carbons (Fsp3) is 0.241. The second-order valence-corrected chi connectivity index (χ2v) is 10.8. The van der Waals surface area contributed by atoms with Crippen molar-refractivity contribution >= 4 is 9.84 Å². The summed E-state index contributed by atoms with van der Waals surface area (Å²) in [5.41, 5.74) is 1.27. The number of sulfone groups is 1. The number of hydrogen-bond acceptors (Lipinski definition) is 8. The van der Waals surface area contributed by atoms with Crippen molar-refractivity contribution in [3.05, 3.63) is 99.6 Å². The van der Waals surface area contributed by atoms with Crippen molar-refractivity contribution < 1.29 is 22.7 Å². The number of benzene rings is 2. The Morgan fingerprint density at radius 2 is 1.88 bits per heavy atom. The van der Waals surface area contributed by atoms with Gasteiger partial charge in [0.15, 0.2) is 4.90 Å². The van der Waals surface area contributed by atoms with Gasteiger partial charge in [-0.15, -0.1) is 0 Å². The molecule has 1 N–H and O–H groups in total. The van der Waals surface area contributed by atoms with Gasteiger partial charge in [0.25, 0.3) is 5.56 Å². The lowest BCUT2D eigenvalue weighted by Gasteiger charge is -2.25. The van der Waals surface area contributed by atoms with Gasteiger partial charge in [0.05, 0.1) is 22.6 Å².